The van der Waals surface area contributed by atoms with Crippen LogP contribution in [0.3, 0.4) is 0 Å². The zero-order chi connectivity index (χ0) is 16.0. The number of aliphatic hydroxyl groups is 3. The van der Waals surface area contributed by atoms with Gasteiger partial charge < -0.3 is 15.3 Å². The van der Waals surface area contributed by atoms with Gasteiger partial charge in [0.1, 0.15) is 0 Å². The van der Waals surface area contributed by atoms with Crippen molar-refractivity contribution in [1.82, 2.24) is 0 Å². The molecular formula is C18H34O3. The Morgan fingerprint density at radius 3 is 2.29 bits per heavy atom. The maximum absolute atomic E-state index is 10.5. The first-order valence-corrected chi connectivity index (χ1v) is 8.53. The van der Waals surface area contributed by atoms with Crippen LogP contribution in [0.25, 0.3) is 0 Å². The number of unbranched alkanes of at least 4 members (excludes halogenated alkanes) is 4. The summed E-state index contributed by atoms with van der Waals surface area (Å²) < 4.78 is 0. The number of rotatable bonds is 9. The fourth-order valence-electron chi connectivity index (χ4n) is 3.79. The van der Waals surface area contributed by atoms with Crippen molar-refractivity contribution < 1.29 is 15.3 Å². The Kier molecular flexibility index (Phi) is 7.38. The van der Waals surface area contributed by atoms with E-state index in [1.54, 1.807) is 6.08 Å². The second-order valence-electron chi connectivity index (χ2n) is 7.25. The zero-order valence-electron chi connectivity index (χ0n) is 14.0. The lowest BCUT2D eigenvalue weighted by Crippen LogP contribution is -2.37. The van der Waals surface area contributed by atoms with Crippen molar-refractivity contribution in [3.63, 3.8) is 0 Å². The van der Waals surface area contributed by atoms with Crippen LogP contribution in [0.15, 0.2) is 12.7 Å². The molecule has 0 aromatic rings. The van der Waals surface area contributed by atoms with Gasteiger partial charge in [-0.05, 0) is 18.8 Å². The van der Waals surface area contributed by atoms with E-state index >= 15 is 0 Å². The van der Waals surface area contributed by atoms with E-state index in [0.29, 0.717) is 12.8 Å². The van der Waals surface area contributed by atoms with Gasteiger partial charge in [-0.15, -0.1) is 6.58 Å². The zero-order valence-corrected chi connectivity index (χ0v) is 14.0. The van der Waals surface area contributed by atoms with Gasteiger partial charge in [0.05, 0.1) is 18.3 Å². The summed E-state index contributed by atoms with van der Waals surface area (Å²) >= 11 is 0. The molecule has 124 valence electrons. The second-order valence-corrected chi connectivity index (χ2v) is 7.25. The molecule has 21 heavy (non-hydrogen) atoms. The number of allylic oxidation sites excluding steroid dienone is 1. The van der Waals surface area contributed by atoms with Crippen LogP contribution in [0.2, 0.25) is 0 Å². The quantitative estimate of drug-likeness (QED) is 0.452. The molecule has 1 fully saturated rings. The highest BCUT2D eigenvalue weighted by molar-refractivity contribution is 5.06. The standard InChI is InChI=1S/C18H34O3/c1-5-7-8-9-10-12-14(19)15-13(11-6-2)16(20)18(3,4)17(15)21/h6,13-17,19-21H,2,5,7-12H2,1,3-4H3/t13-,14+,15+,16?,17?/m1/s1. The molecule has 1 saturated carbocycles. The molecule has 0 aromatic carbocycles. The van der Waals surface area contributed by atoms with Crippen molar-refractivity contribution in [3.8, 4) is 0 Å². The molecule has 1 aliphatic carbocycles. The summed E-state index contributed by atoms with van der Waals surface area (Å²) in [6.45, 7) is 9.70. The van der Waals surface area contributed by atoms with Crippen LogP contribution in [0.5, 0.6) is 0 Å². The summed E-state index contributed by atoms with van der Waals surface area (Å²) in [5, 5.41) is 31.5. The molecule has 3 heteroatoms. The van der Waals surface area contributed by atoms with Crippen molar-refractivity contribution >= 4 is 0 Å². The van der Waals surface area contributed by atoms with E-state index in [4.69, 9.17) is 0 Å². The lowest BCUT2D eigenvalue weighted by atomic mass is 9.83. The third-order valence-electron chi connectivity index (χ3n) is 5.28. The van der Waals surface area contributed by atoms with Gasteiger partial charge in [0.2, 0.25) is 0 Å². The predicted molar refractivity (Wildman–Crippen MR) is 87.0 cm³/mol. The molecule has 0 radical (unpaired) electrons. The van der Waals surface area contributed by atoms with Crippen molar-refractivity contribution in [3.05, 3.63) is 12.7 Å². The molecule has 1 aliphatic rings. The van der Waals surface area contributed by atoms with Crippen LogP contribution in [-0.2, 0) is 0 Å². The first-order valence-electron chi connectivity index (χ1n) is 8.53. The average Bonchev–Trinajstić information content (AvgIpc) is 2.60. The highest BCUT2D eigenvalue weighted by atomic mass is 16.3. The summed E-state index contributed by atoms with van der Waals surface area (Å²) in [5.41, 5.74) is -0.568. The first-order chi connectivity index (χ1) is 9.87. The third kappa shape index (κ3) is 4.30. The highest BCUT2D eigenvalue weighted by Crippen LogP contribution is 2.49. The maximum Gasteiger partial charge on any atom is 0.0672 e. The van der Waals surface area contributed by atoms with Gasteiger partial charge in [-0.25, -0.2) is 0 Å². The topological polar surface area (TPSA) is 60.7 Å². The Morgan fingerprint density at radius 1 is 1.10 bits per heavy atom. The van der Waals surface area contributed by atoms with Gasteiger partial charge >= 0.3 is 0 Å². The van der Waals surface area contributed by atoms with Crippen molar-refractivity contribution in [2.24, 2.45) is 17.3 Å². The van der Waals surface area contributed by atoms with Gasteiger partial charge in [0.15, 0.2) is 0 Å². The van der Waals surface area contributed by atoms with Crippen LogP contribution in [0.4, 0.5) is 0 Å². The van der Waals surface area contributed by atoms with Gasteiger partial charge in [-0.3, -0.25) is 0 Å². The smallest absolute Gasteiger partial charge is 0.0672 e. The Labute approximate surface area is 130 Å². The van der Waals surface area contributed by atoms with Gasteiger partial charge in [-0.1, -0.05) is 59.0 Å². The fourth-order valence-corrected chi connectivity index (χ4v) is 3.79. The molecule has 0 aromatic heterocycles. The summed E-state index contributed by atoms with van der Waals surface area (Å²) in [4.78, 5) is 0. The normalized spacial score (nSPS) is 33.0. The molecule has 0 saturated heterocycles. The molecular weight excluding hydrogens is 264 g/mol. The van der Waals surface area contributed by atoms with E-state index in [-0.39, 0.29) is 11.8 Å². The van der Waals surface area contributed by atoms with Crippen molar-refractivity contribution in [2.75, 3.05) is 0 Å². The van der Waals surface area contributed by atoms with Gasteiger partial charge in [-0.2, -0.15) is 0 Å². The lowest BCUT2D eigenvalue weighted by Gasteiger charge is -2.29. The van der Waals surface area contributed by atoms with Crippen molar-refractivity contribution in [1.29, 1.82) is 0 Å². The predicted octanol–water partition coefficient (Wildman–Crippen LogP) is 3.28. The lowest BCUT2D eigenvalue weighted by molar-refractivity contribution is -0.0315. The number of hydrogen-bond acceptors (Lipinski definition) is 3. The summed E-state index contributed by atoms with van der Waals surface area (Å²) in [6, 6.07) is 0. The minimum atomic E-state index is -0.664. The largest absolute Gasteiger partial charge is 0.393 e. The monoisotopic (exact) mass is 298 g/mol. The van der Waals surface area contributed by atoms with E-state index < -0.39 is 23.7 Å². The van der Waals surface area contributed by atoms with Crippen LogP contribution >= 0.6 is 0 Å². The average molecular weight is 298 g/mol. The van der Waals surface area contributed by atoms with Crippen LogP contribution in [0.1, 0.15) is 65.7 Å². The summed E-state index contributed by atoms with van der Waals surface area (Å²) in [7, 11) is 0. The Balaban J connectivity index is 2.62. The molecule has 3 nitrogen and oxygen atoms in total. The highest BCUT2D eigenvalue weighted by Gasteiger charge is 2.55. The maximum atomic E-state index is 10.5. The summed E-state index contributed by atoms with van der Waals surface area (Å²) in [5.74, 6) is -0.350. The number of aliphatic hydroxyl groups excluding tert-OH is 3. The molecule has 0 amide bonds. The summed E-state index contributed by atoms with van der Waals surface area (Å²) in [6.07, 6.45) is 7.12. The Hall–Kier alpha value is -0.380. The van der Waals surface area contributed by atoms with E-state index in [1.807, 2.05) is 13.8 Å². The van der Waals surface area contributed by atoms with Gasteiger partial charge in [0, 0.05) is 11.3 Å². The minimum Gasteiger partial charge on any atom is -0.393 e. The molecule has 0 bridgehead atoms. The first kappa shape index (κ1) is 18.7. The van der Waals surface area contributed by atoms with E-state index in [2.05, 4.69) is 13.5 Å². The van der Waals surface area contributed by atoms with Crippen LogP contribution in [0, 0.1) is 17.3 Å². The van der Waals surface area contributed by atoms with Crippen molar-refractivity contribution in [2.45, 2.75) is 84.0 Å². The van der Waals surface area contributed by atoms with E-state index in [0.717, 1.165) is 12.8 Å². The van der Waals surface area contributed by atoms with Gasteiger partial charge in [0.25, 0.3) is 0 Å². The van der Waals surface area contributed by atoms with Crippen LogP contribution in [-0.4, -0.2) is 33.6 Å². The van der Waals surface area contributed by atoms with E-state index in [1.165, 1.54) is 19.3 Å². The van der Waals surface area contributed by atoms with E-state index in [9.17, 15) is 15.3 Å². The minimum absolute atomic E-state index is 0.0989. The fraction of sp³-hybridized carbons (Fsp3) is 0.889. The molecule has 3 N–H and O–H groups in total. The molecule has 1 rings (SSSR count). The number of hydrogen-bond donors (Lipinski definition) is 3. The third-order valence-corrected chi connectivity index (χ3v) is 5.28. The molecule has 0 spiro atoms. The molecule has 5 atom stereocenters. The van der Waals surface area contributed by atoms with Crippen LogP contribution < -0.4 is 0 Å². The molecule has 0 heterocycles. The Bertz CT molecular complexity index is 314. The SMILES string of the molecule is C=CC[C@H]1C(O)C(C)(C)C(O)[C@@H]1[C@@H](O)CCCCCCC. The Morgan fingerprint density at radius 2 is 1.71 bits per heavy atom. The molecule has 0 aliphatic heterocycles. The molecule has 2 unspecified atom stereocenters. The second kappa shape index (κ2) is 8.30.